The van der Waals surface area contributed by atoms with E-state index in [9.17, 15) is 4.79 Å². The quantitative estimate of drug-likeness (QED) is 0.847. The molecule has 2 aromatic rings. The summed E-state index contributed by atoms with van der Waals surface area (Å²) >= 11 is 6.02. The van der Waals surface area contributed by atoms with Gasteiger partial charge in [-0.2, -0.15) is 5.10 Å². The molecule has 1 amide bonds. The number of hydrogen-bond acceptors (Lipinski definition) is 3. The molecule has 0 atom stereocenters. The minimum atomic E-state index is -0.102. The van der Waals surface area contributed by atoms with Crippen molar-refractivity contribution in [1.82, 2.24) is 20.4 Å². The number of halogens is 1. The van der Waals surface area contributed by atoms with Gasteiger partial charge in [0.25, 0.3) is 5.91 Å². The molecule has 0 unspecified atom stereocenters. The number of carbonyl (C=O) groups is 1. The molecule has 0 aliphatic carbocycles. The lowest BCUT2D eigenvalue weighted by Gasteiger charge is -2.14. The highest BCUT2D eigenvalue weighted by Gasteiger charge is 2.15. The van der Waals surface area contributed by atoms with Gasteiger partial charge in [-0.1, -0.05) is 29.3 Å². The van der Waals surface area contributed by atoms with Gasteiger partial charge in [0, 0.05) is 18.1 Å². The topological polar surface area (TPSA) is 59.0 Å². The maximum absolute atomic E-state index is 12.4. The lowest BCUT2D eigenvalue weighted by atomic mass is 10.1. The van der Waals surface area contributed by atoms with Crippen LogP contribution in [0.3, 0.4) is 0 Å². The van der Waals surface area contributed by atoms with Crippen molar-refractivity contribution in [3.63, 3.8) is 0 Å². The van der Waals surface area contributed by atoms with Crippen LogP contribution in [0.25, 0.3) is 5.69 Å². The highest BCUT2D eigenvalue weighted by Crippen LogP contribution is 2.18. The van der Waals surface area contributed by atoms with E-state index in [2.05, 4.69) is 21.8 Å². The normalized spacial score (nSPS) is 14.4. The van der Waals surface area contributed by atoms with E-state index >= 15 is 0 Å². The minimum absolute atomic E-state index is 0.102. The number of carbonyl (C=O) groups excluding carboxylic acids is 1. The Morgan fingerprint density at radius 3 is 3.09 bits per heavy atom. The van der Waals surface area contributed by atoms with Crippen molar-refractivity contribution in [3.05, 3.63) is 58.4 Å². The van der Waals surface area contributed by atoms with Crippen molar-refractivity contribution in [2.24, 2.45) is 0 Å². The molecule has 3 rings (SSSR count). The molecule has 1 aromatic carbocycles. The van der Waals surface area contributed by atoms with E-state index in [-0.39, 0.29) is 5.91 Å². The second kappa shape index (κ2) is 6.98. The summed E-state index contributed by atoms with van der Waals surface area (Å²) in [5, 5.41) is 11.2. The summed E-state index contributed by atoms with van der Waals surface area (Å²) in [5.41, 5.74) is 3.48. The van der Waals surface area contributed by atoms with E-state index in [4.69, 9.17) is 11.6 Å². The lowest BCUT2D eigenvalue weighted by molar-refractivity contribution is 0.0956. The van der Waals surface area contributed by atoms with Gasteiger partial charge in [-0.05, 0) is 38.1 Å². The standard InChI is InChI=1S/C17H19ClN4O/c1-12-16(17(23)20-10-13-5-7-19-8-6-13)11-21-22(12)15-4-2-3-14(18)9-15/h2-5,9,11,19H,6-8,10H2,1H3,(H,20,23). The van der Waals surface area contributed by atoms with Gasteiger partial charge in [-0.15, -0.1) is 0 Å². The molecule has 0 spiro atoms. The second-order valence-corrected chi connectivity index (χ2v) is 5.97. The van der Waals surface area contributed by atoms with Crippen LogP contribution in [0.5, 0.6) is 0 Å². The van der Waals surface area contributed by atoms with Crippen molar-refractivity contribution in [3.8, 4) is 5.69 Å². The summed E-state index contributed by atoms with van der Waals surface area (Å²) in [6.45, 7) is 4.30. The zero-order chi connectivity index (χ0) is 16.2. The maximum atomic E-state index is 12.4. The fourth-order valence-corrected chi connectivity index (χ4v) is 2.80. The number of hydrogen-bond donors (Lipinski definition) is 2. The van der Waals surface area contributed by atoms with Crippen LogP contribution >= 0.6 is 11.6 Å². The van der Waals surface area contributed by atoms with Crippen molar-refractivity contribution >= 4 is 17.5 Å². The molecule has 6 heteroatoms. The Bertz CT molecular complexity index is 751. The summed E-state index contributed by atoms with van der Waals surface area (Å²) < 4.78 is 1.73. The third-order valence-electron chi connectivity index (χ3n) is 3.94. The van der Waals surface area contributed by atoms with Crippen LogP contribution in [0.2, 0.25) is 5.02 Å². The number of nitrogens with one attached hydrogen (secondary N) is 2. The van der Waals surface area contributed by atoms with Crippen LogP contribution < -0.4 is 10.6 Å². The molecule has 0 saturated heterocycles. The van der Waals surface area contributed by atoms with E-state index in [1.54, 1.807) is 10.9 Å². The lowest BCUT2D eigenvalue weighted by Crippen LogP contribution is -2.29. The fourth-order valence-electron chi connectivity index (χ4n) is 2.62. The van der Waals surface area contributed by atoms with Gasteiger partial charge in [0.1, 0.15) is 0 Å². The molecular formula is C17H19ClN4O. The van der Waals surface area contributed by atoms with E-state index in [1.807, 2.05) is 31.2 Å². The zero-order valence-corrected chi connectivity index (χ0v) is 13.7. The van der Waals surface area contributed by atoms with Crippen molar-refractivity contribution in [2.45, 2.75) is 13.3 Å². The molecule has 0 radical (unpaired) electrons. The summed E-state index contributed by atoms with van der Waals surface area (Å²) in [5.74, 6) is -0.102. The molecule has 0 fully saturated rings. The first-order chi connectivity index (χ1) is 11.1. The molecule has 5 nitrogen and oxygen atoms in total. The third-order valence-corrected chi connectivity index (χ3v) is 4.18. The van der Waals surface area contributed by atoms with Crippen LogP contribution in [-0.4, -0.2) is 35.3 Å². The van der Waals surface area contributed by atoms with Gasteiger partial charge >= 0.3 is 0 Å². The Morgan fingerprint density at radius 2 is 2.35 bits per heavy atom. The van der Waals surface area contributed by atoms with Crippen LogP contribution in [0.15, 0.2) is 42.1 Å². The molecular weight excluding hydrogens is 312 g/mol. The third kappa shape index (κ3) is 3.63. The Balaban J connectivity index is 1.73. The monoisotopic (exact) mass is 330 g/mol. The van der Waals surface area contributed by atoms with E-state index in [1.165, 1.54) is 5.57 Å². The first-order valence-electron chi connectivity index (χ1n) is 7.62. The van der Waals surface area contributed by atoms with Gasteiger partial charge in [0.05, 0.1) is 23.1 Å². The Kier molecular flexibility index (Phi) is 4.79. The smallest absolute Gasteiger partial charge is 0.255 e. The van der Waals surface area contributed by atoms with Gasteiger partial charge in [0.15, 0.2) is 0 Å². The van der Waals surface area contributed by atoms with Gasteiger partial charge in [-0.25, -0.2) is 4.68 Å². The Labute approximate surface area is 140 Å². The molecule has 1 aliphatic heterocycles. The van der Waals surface area contributed by atoms with Crippen LogP contribution in [0.4, 0.5) is 0 Å². The van der Waals surface area contributed by atoms with Crippen molar-refractivity contribution in [1.29, 1.82) is 0 Å². The predicted molar refractivity (Wildman–Crippen MR) is 91.2 cm³/mol. The SMILES string of the molecule is Cc1c(C(=O)NCC2=CCNCC2)cnn1-c1cccc(Cl)c1. The summed E-state index contributed by atoms with van der Waals surface area (Å²) in [6.07, 6.45) is 4.70. The molecule has 23 heavy (non-hydrogen) atoms. The largest absolute Gasteiger partial charge is 0.348 e. The molecule has 1 aliphatic rings. The predicted octanol–water partition coefficient (Wildman–Crippen LogP) is 2.48. The number of rotatable bonds is 4. The van der Waals surface area contributed by atoms with Gasteiger partial charge < -0.3 is 10.6 Å². The molecule has 0 saturated carbocycles. The van der Waals surface area contributed by atoms with Crippen molar-refractivity contribution < 1.29 is 4.79 Å². The van der Waals surface area contributed by atoms with Crippen LogP contribution in [-0.2, 0) is 0 Å². The number of amides is 1. The molecule has 2 N–H and O–H groups in total. The number of nitrogens with zero attached hydrogens (tertiary/aromatic N) is 2. The summed E-state index contributed by atoms with van der Waals surface area (Å²) in [6, 6.07) is 7.41. The average Bonchev–Trinajstić information content (AvgIpc) is 2.95. The van der Waals surface area contributed by atoms with Crippen LogP contribution in [0, 0.1) is 6.92 Å². The van der Waals surface area contributed by atoms with Crippen molar-refractivity contribution in [2.75, 3.05) is 19.6 Å². The first kappa shape index (κ1) is 15.8. The molecule has 1 aromatic heterocycles. The summed E-state index contributed by atoms with van der Waals surface area (Å²) in [7, 11) is 0. The van der Waals surface area contributed by atoms with Crippen LogP contribution in [0.1, 0.15) is 22.5 Å². The number of aromatic nitrogens is 2. The van der Waals surface area contributed by atoms with Gasteiger partial charge in [0.2, 0.25) is 0 Å². The average molecular weight is 331 g/mol. The number of benzene rings is 1. The van der Waals surface area contributed by atoms with Gasteiger partial charge in [-0.3, -0.25) is 4.79 Å². The second-order valence-electron chi connectivity index (χ2n) is 5.53. The molecule has 0 bridgehead atoms. The highest BCUT2D eigenvalue weighted by molar-refractivity contribution is 6.30. The summed E-state index contributed by atoms with van der Waals surface area (Å²) in [4.78, 5) is 12.4. The minimum Gasteiger partial charge on any atom is -0.348 e. The van der Waals surface area contributed by atoms with E-state index in [0.717, 1.165) is 30.9 Å². The first-order valence-corrected chi connectivity index (χ1v) is 8.00. The molecule has 2 heterocycles. The van der Waals surface area contributed by atoms with E-state index in [0.29, 0.717) is 17.1 Å². The highest BCUT2D eigenvalue weighted by atomic mass is 35.5. The Morgan fingerprint density at radius 1 is 1.48 bits per heavy atom. The maximum Gasteiger partial charge on any atom is 0.255 e. The zero-order valence-electron chi connectivity index (χ0n) is 13.0. The van der Waals surface area contributed by atoms with E-state index < -0.39 is 0 Å². The fraction of sp³-hybridized carbons (Fsp3) is 0.294. The Hall–Kier alpha value is -2.11. The molecule has 120 valence electrons.